The van der Waals surface area contributed by atoms with E-state index in [1.165, 1.54) is 0 Å². The second-order valence-corrected chi connectivity index (χ2v) is 4.41. The average molecular weight is 239 g/mol. The fourth-order valence-corrected chi connectivity index (χ4v) is 2.24. The van der Waals surface area contributed by atoms with E-state index in [1.807, 2.05) is 25.1 Å². The number of carbonyl (C=O) groups excluding carboxylic acids is 1. The highest BCUT2D eigenvalue weighted by Gasteiger charge is 2.21. The summed E-state index contributed by atoms with van der Waals surface area (Å²) in [5.74, 6) is 0.746. The first-order valence-electron chi connectivity index (χ1n) is 5.98. The topological polar surface area (TPSA) is 39.2 Å². The van der Waals surface area contributed by atoms with Crippen LogP contribution in [0.4, 0.5) is 0 Å². The summed E-state index contributed by atoms with van der Waals surface area (Å²) in [5, 5.41) is 0. The minimum absolute atomic E-state index is 0.000694. The van der Waals surface area contributed by atoms with E-state index in [-0.39, 0.29) is 5.78 Å². The summed E-state index contributed by atoms with van der Waals surface area (Å²) in [5.41, 5.74) is 3.27. The smallest absolute Gasteiger partial charge is 0.196 e. The molecule has 0 aliphatic carbocycles. The predicted molar refractivity (Wildman–Crippen MR) is 68.0 cm³/mol. The number of nitrogens with zero attached hydrogens (tertiary/aromatic N) is 1. The van der Waals surface area contributed by atoms with Crippen molar-refractivity contribution in [1.29, 1.82) is 0 Å². The van der Waals surface area contributed by atoms with Crippen molar-refractivity contribution in [1.82, 2.24) is 4.98 Å². The Kier molecular flexibility index (Phi) is 2.59. The number of rotatable bonds is 2. The van der Waals surface area contributed by atoms with Gasteiger partial charge in [0, 0.05) is 23.9 Å². The van der Waals surface area contributed by atoms with Gasteiger partial charge in [-0.05, 0) is 30.7 Å². The van der Waals surface area contributed by atoms with Crippen LogP contribution in [0, 0.1) is 6.92 Å². The van der Waals surface area contributed by atoms with Crippen molar-refractivity contribution in [2.45, 2.75) is 13.3 Å². The Labute approximate surface area is 105 Å². The van der Waals surface area contributed by atoms with E-state index in [4.69, 9.17) is 4.74 Å². The fraction of sp³-hybridized carbons (Fsp3) is 0.200. The molecule has 0 spiro atoms. The summed E-state index contributed by atoms with van der Waals surface area (Å²) in [6, 6.07) is 9.29. The minimum atomic E-state index is -0.000694. The molecule has 90 valence electrons. The van der Waals surface area contributed by atoms with Crippen LogP contribution in [0.1, 0.15) is 27.2 Å². The maximum atomic E-state index is 12.5. The van der Waals surface area contributed by atoms with E-state index in [2.05, 4.69) is 4.98 Å². The lowest BCUT2D eigenvalue weighted by Gasteiger charge is -2.07. The molecule has 2 heterocycles. The van der Waals surface area contributed by atoms with Crippen molar-refractivity contribution < 1.29 is 9.53 Å². The van der Waals surface area contributed by atoms with Gasteiger partial charge in [-0.15, -0.1) is 0 Å². The number of benzene rings is 1. The molecule has 0 unspecified atom stereocenters. The molecule has 0 atom stereocenters. The zero-order valence-corrected chi connectivity index (χ0v) is 10.1. The SMILES string of the molecule is Cc1cc(C(=O)c2cccc3c2OCC3)ccn1. The number of hydrogen-bond donors (Lipinski definition) is 0. The summed E-state index contributed by atoms with van der Waals surface area (Å²) in [4.78, 5) is 16.6. The summed E-state index contributed by atoms with van der Waals surface area (Å²) >= 11 is 0. The first-order valence-corrected chi connectivity index (χ1v) is 5.98. The van der Waals surface area contributed by atoms with Gasteiger partial charge in [0.2, 0.25) is 0 Å². The number of ketones is 1. The van der Waals surface area contributed by atoms with Crippen LogP contribution in [-0.4, -0.2) is 17.4 Å². The van der Waals surface area contributed by atoms with Crippen molar-refractivity contribution >= 4 is 5.78 Å². The molecule has 18 heavy (non-hydrogen) atoms. The summed E-state index contributed by atoms with van der Waals surface area (Å²) in [6.45, 7) is 2.54. The number of aryl methyl sites for hydroxylation is 1. The Bertz CT molecular complexity index is 620. The largest absolute Gasteiger partial charge is 0.492 e. The van der Waals surface area contributed by atoms with Crippen LogP contribution in [0.5, 0.6) is 5.75 Å². The van der Waals surface area contributed by atoms with Crippen LogP contribution < -0.4 is 4.74 Å². The Hall–Kier alpha value is -2.16. The van der Waals surface area contributed by atoms with Crippen LogP contribution in [-0.2, 0) is 6.42 Å². The number of hydrogen-bond acceptors (Lipinski definition) is 3. The summed E-state index contributed by atoms with van der Waals surface area (Å²) in [7, 11) is 0. The number of pyridine rings is 1. The Morgan fingerprint density at radius 2 is 2.22 bits per heavy atom. The second-order valence-electron chi connectivity index (χ2n) is 4.41. The van der Waals surface area contributed by atoms with Gasteiger partial charge < -0.3 is 4.74 Å². The van der Waals surface area contributed by atoms with E-state index in [1.54, 1.807) is 18.3 Å². The molecule has 0 N–H and O–H groups in total. The molecular weight excluding hydrogens is 226 g/mol. The van der Waals surface area contributed by atoms with Crippen molar-refractivity contribution in [3.05, 3.63) is 58.9 Å². The molecule has 0 saturated carbocycles. The summed E-state index contributed by atoms with van der Waals surface area (Å²) < 4.78 is 5.57. The highest BCUT2D eigenvalue weighted by molar-refractivity contribution is 6.11. The van der Waals surface area contributed by atoms with Gasteiger partial charge in [-0.3, -0.25) is 9.78 Å². The quantitative estimate of drug-likeness (QED) is 0.756. The molecule has 0 radical (unpaired) electrons. The van der Waals surface area contributed by atoms with Crippen LogP contribution in [0.25, 0.3) is 0 Å². The van der Waals surface area contributed by atoms with Crippen molar-refractivity contribution in [3.8, 4) is 5.75 Å². The van der Waals surface area contributed by atoms with Gasteiger partial charge >= 0.3 is 0 Å². The molecular formula is C15H13NO2. The third kappa shape index (κ3) is 1.78. The maximum Gasteiger partial charge on any atom is 0.196 e. The highest BCUT2D eigenvalue weighted by Crippen LogP contribution is 2.30. The van der Waals surface area contributed by atoms with E-state index in [9.17, 15) is 4.79 Å². The van der Waals surface area contributed by atoms with Crippen LogP contribution in [0.2, 0.25) is 0 Å². The number of carbonyl (C=O) groups is 1. The lowest BCUT2D eigenvalue weighted by Crippen LogP contribution is -2.04. The molecule has 3 nitrogen and oxygen atoms in total. The number of ether oxygens (including phenoxy) is 1. The van der Waals surface area contributed by atoms with Crippen LogP contribution in [0.3, 0.4) is 0 Å². The van der Waals surface area contributed by atoms with Crippen molar-refractivity contribution in [2.75, 3.05) is 6.61 Å². The fourth-order valence-electron chi connectivity index (χ4n) is 2.24. The molecule has 0 fully saturated rings. The predicted octanol–water partition coefficient (Wildman–Crippen LogP) is 2.56. The Morgan fingerprint density at radius 1 is 1.33 bits per heavy atom. The van der Waals surface area contributed by atoms with Crippen LogP contribution >= 0.6 is 0 Å². The minimum Gasteiger partial charge on any atom is -0.492 e. The molecule has 0 amide bonds. The molecule has 1 aromatic carbocycles. The zero-order chi connectivity index (χ0) is 12.5. The zero-order valence-electron chi connectivity index (χ0n) is 10.1. The Balaban J connectivity index is 2.06. The first-order chi connectivity index (χ1) is 8.75. The molecule has 1 aliphatic heterocycles. The van der Waals surface area contributed by atoms with Gasteiger partial charge in [-0.1, -0.05) is 12.1 Å². The molecule has 0 bridgehead atoms. The molecule has 0 saturated heterocycles. The van der Waals surface area contributed by atoms with Gasteiger partial charge in [-0.25, -0.2) is 0 Å². The van der Waals surface area contributed by atoms with E-state index >= 15 is 0 Å². The monoisotopic (exact) mass is 239 g/mol. The van der Waals surface area contributed by atoms with Gasteiger partial charge in [-0.2, -0.15) is 0 Å². The second kappa shape index (κ2) is 4.26. The van der Waals surface area contributed by atoms with E-state index < -0.39 is 0 Å². The summed E-state index contributed by atoms with van der Waals surface area (Å²) in [6.07, 6.45) is 2.54. The van der Waals surface area contributed by atoms with E-state index in [0.717, 1.165) is 23.4 Å². The number of fused-ring (bicyclic) bond motifs is 1. The molecule has 2 aromatic rings. The number of aromatic nitrogens is 1. The normalized spacial score (nSPS) is 12.9. The highest BCUT2D eigenvalue weighted by atomic mass is 16.5. The molecule has 3 heteroatoms. The van der Waals surface area contributed by atoms with Crippen molar-refractivity contribution in [3.63, 3.8) is 0 Å². The molecule has 1 aliphatic rings. The standard InChI is InChI=1S/C15H13NO2/c1-10-9-12(5-7-16-10)14(17)13-4-2-3-11-6-8-18-15(11)13/h2-5,7,9H,6,8H2,1H3. The third-order valence-corrected chi connectivity index (χ3v) is 3.12. The molecule has 3 rings (SSSR count). The van der Waals surface area contributed by atoms with Gasteiger partial charge in [0.15, 0.2) is 5.78 Å². The van der Waals surface area contributed by atoms with Crippen LogP contribution in [0.15, 0.2) is 36.5 Å². The molecule has 1 aromatic heterocycles. The van der Waals surface area contributed by atoms with Gasteiger partial charge in [0.25, 0.3) is 0 Å². The maximum absolute atomic E-state index is 12.5. The van der Waals surface area contributed by atoms with E-state index in [0.29, 0.717) is 17.7 Å². The first kappa shape index (κ1) is 11.0. The lowest BCUT2D eigenvalue weighted by molar-refractivity contribution is 0.103. The lowest BCUT2D eigenvalue weighted by atomic mass is 10.00. The number of para-hydroxylation sites is 1. The van der Waals surface area contributed by atoms with Gasteiger partial charge in [0.1, 0.15) is 5.75 Å². The third-order valence-electron chi connectivity index (χ3n) is 3.12. The Morgan fingerprint density at radius 3 is 3.06 bits per heavy atom. The van der Waals surface area contributed by atoms with Crippen molar-refractivity contribution in [2.24, 2.45) is 0 Å². The average Bonchev–Trinajstić information content (AvgIpc) is 2.86. The van der Waals surface area contributed by atoms with Gasteiger partial charge in [0.05, 0.1) is 12.2 Å².